The van der Waals surface area contributed by atoms with E-state index in [4.69, 9.17) is 4.74 Å². The summed E-state index contributed by atoms with van der Waals surface area (Å²) in [5, 5.41) is 0. The molecule has 0 spiro atoms. The Kier molecular flexibility index (Phi) is 9.10. The Labute approximate surface area is 231 Å². The molecule has 4 rings (SSSR count). The Balaban J connectivity index is 1.65. The van der Waals surface area contributed by atoms with Crippen LogP contribution in [-0.2, 0) is 12.8 Å². The van der Waals surface area contributed by atoms with Gasteiger partial charge in [-0.25, -0.2) is 0 Å². The van der Waals surface area contributed by atoms with Crippen molar-refractivity contribution in [1.82, 2.24) is 0 Å². The van der Waals surface area contributed by atoms with Crippen LogP contribution in [0, 0.1) is 0 Å². The van der Waals surface area contributed by atoms with Gasteiger partial charge in [0, 0.05) is 11.5 Å². The van der Waals surface area contributed by atoms with Gasteiger partial charge in [-0.15, -0.1) is 0 Å². The van der Waals surface area contributed by atoms with Crippen molar-refractivity contribution >= 4 is 5.57 Å². The first-order chi connectivity index (χ1) is 18.4. The van der Waals surface area contributed by atoms with E-state index in [2.05, 4.69) is 89.4 Å². The van der Waals surface area contributed by atoms with Gasteiger partial charge in [0.1, 0.15) is 5.75 Å². The average molecular weight is 505 g/mol. The standard InChI is InChI=1S/C37H44O/c1-8-11-15-31-23-26(5)35(27(6)36(31)37-29(9-2)16-14-17-30(37)10-3)32-21-20-28(24-32)22-25(4)33-18-12-13-19-34(33)38-7/h12-14,16-21,23,36H,4-5,8-11,15,22,24H2,1-3,6-7H3. The Morgan fingerprint density at radius 3 is 2.34 bits per heavy atom. The van der Waals surface area contributed by atoms with Crippen LogP contribution in [0.25, 0.3) is 5.57 Å². The van der Waals surface area contributed by atoms with Crippen molar-refractivity contribution in [1.29, 1.82) is 0 Å². The molecule has 0 aromatic heterocycles. The molecule has 38 heavy (non-hydrogen) atoms. The van der Waals surface area contributed by atoms with Gasteiger partial charge in [-0.1, -0.05) is 112 Å². The lowest BCUT2D eigenvalue weighted by Crippen LogP contribution is -2.17. The van der Waals surface area contributed by atoms with E-state index in [-0.39, 0.29) is 0 Å². The van der Waals surface area contributed by atoms with Crippen LogP contribution in [0.1, 0.15) is 88.0 Å². The second-order valence-electron chi connectivity index (χ2n) is 10.7. The van der Waals surface area contributed by atoms with Crippen LogP contribution in [0.3, 0.4) is 0 Å². The normalized spacial score (nSPS) is 17.3. The van der Waals surface area contributed by atoms with E-state index in [0.717, 1.165) is 49.0 Å². The number of benzene rings is 2. The van der Waals surface area contributed by atoms with Gasteiger partial charge in [0.2, 0.25) is 0 Å². The molecule has 0 amide bonds. The number of hydrogen-bond donors (Lipinski definition) is 0. The number of hydrogen-bond acceptors (Lipinski definition) is 1. The second kappa shape index (κ2) is 12.5. The van der Waals surface area contributed by atoms with Gasteiger partial charge in [-0.05, 0) is 90.5 Å². The molecule has 2 aliphatic carbocycles. The molecular weight excluding hydrogens is 460 g/mol. The molecule has 198 valence electrons. The molecule has 0 bridgehead atoms. The lowest BCUT2D eigenvalue weighted by molar-refractivity contribution is 0.413. The zero-order valence-corrected chi connectivity index (χ0v) is 24.1. The minimum absolute atomic E-state index is 0.335. The summed E-state index contributed by atoms with van der Waals surface area (Å²) in [4.78, 5) is 0. The Morgan fingerprint density at radius 1 is 0.974 bits per heavy atom. The zero-order chi connectivity index (χ0) is 27.2. The molecule has 1 atom stereocenters. The van der Waals surface area contributed by atoms with Crippen LogP contribution in [0.4, 0.5) is 0 Å². The van der Waals surface area contributed by atoms with Gasteiger partial charge in [0.05, 0.1) is 7.11 Å². The van der Waals surface area contributed by atoms with Crippen LogP contribution in [0.15, 0.2) is 107 Å². The molecule has 0 N–H and O–H groups in total. The summed E-state index contributed by atoms with van der Waals surface area (Å²) in [6, 6.07) is 15.1. The molecule has 0 saturated heterocycles. The molecule has 1 heteroatoms. The van der Waals surface area contributed by atoms with Gasteiger partial charge < -0.3 is 4.74 Å². The maximum atomic E-state index is 5.59. The third-order valence-electron chi connectivity index (χ3n) is 8.22. The summed E-state index contributed by atoms with van der Waals surface area (Å²) in [5.74, 6) is 1.22. The number of para-hydroxylation sites is 1. The number of methoxy groups -OCH3 is 1. The highest BCUT2D eigenvalue weighted by molar-refractivity contribution is 5.72. The molecule has 1 nitrogen and oxygen atoms in total. The van der Waals surface area contributed by atoms with Gasteiger partial charge >= 0.3 is 0 Å². The van der Waals surface area contributed by atoms with Crippen LogP contribution in [-0.4, -0.2) is 7.11 Å². The quantitative estimate of drug-likeness (QED) is 0.296. The molecular formula is C37H44O. The highest BCUT2D eigenvalue weighted by Gasteiger charge is 2.31. The van der Waals surface area contributed by atoms with Gasteiger partial charge in [-0.2, -0.15) is 0 Å². The lowest BCUT2D eigenvalue weighted by atomic mass is 9.71. The van der Waals surface area contributed by atoms with Gasteiger partial charge in [-0.3, -0.25) is 0 Å². The van der Waals surface area contributed by atoms with E-state index in [1.807, 2.05) is 12.1 Å². The molecule has 2 aromatic carbocycles. The number of rotatable bonds is 11. The van der Waals surface area contributed by atoms with Crippen molar-refractivity contribution in [2.75, 3.05) is 7.11 Å². The molecule has 2 aromatic rings. The molecule has 2 aliphatic rings. The van der Waals surface area contributed by atoms with Crippen molar-refractivity contribution in [2.24, 2.45) is 0 Å². The van der Waals surface area contributed by atoms with Crippen molar-refractivity contribution < 1.29 is 4.74 Å². The fraction of sp³-hybridized carbons (Fsp3) is 0.351. The third kappa shape index (κ3) is 5.58. The summed E-state index contributed by atoms with van der Waals surface area (Å²) in [6.45, 7) is 18.2. The minimum atomic E-state index is 0.335. The van der Waals surface area contributed by atoms with E-state index >= 15 is 0 Å². The number of aryl methyl sites for hydroxylation is 2. The summed E-state index contributed by atoms with van der Waals surface area (Å²) in [7, 11) is 1.73. The topological polar surface area (TPSA) is 9.23 Å². The maximum absolute atomic E-state index is 5.59. The second-order valence-corrected chi connectivity index (χ2v) is 10.7. The minimum Gasteiger partial charge on any atom is -0.496 e. The monoisotopic (exact) mass is 504 g/mol. The Morgan fingerprint density at radius 2 is 1.68 bits per heavy atom. The lowest BCUT2D eigenvalue weighted by Gasteiger charge is -2.33. The van der Waals surface area contributed by atoms with Crippen LogP contribution in [0.5, 0.6) is 5.75 Å². The third-order valence-corrected chi connectivity index (χ3v) is 8.22. The predicted molar refractivity (Wildman–Crippen MR) is 165 cm³/mol. The van der Waals surface area contributed by atoms with E-state index < -0.39 is 0 Å². The largest absolute Gasteiger partial charge is 0.496 e. The first-order valence-corrected chi connectivity index (χ1v) is 14.3. The van der Waals surface area contributed by atoms with E-state index in [9.17, 15) is 0 Å². The average Bonchev–Trinajstić information content (AvgIpc) is 3.38. The van der Waals surface area contributed by atoms with E-state index in [0.29, 0.717) is 5.92 Å². The van der Waals surface area contributed by atoms with Crippen molar-refractivity contribution in [3.63, 3.8) is 0 Å². The van der Waals surface area contributed by atoms with Crippen molar-refractivity contribution in [3.8, 4) is 5.75 Å². The van der Waals surface area contributed by atoms with E-state index in [1.54, 1.807) is 12.7 Å². The predicted octanol–water partition coefficient (Wildman–Crippen LogP) is 10.3. The first-order valence-electron chi connectivity index (χ1n) is 14.3. The molecule has 0 radical (unpaired) electrons. The Bertz CT molecular complexity index is 1320. The smallest absolute Gasteiger partial charge is 0.126 e. The highest BCUT2D eigenvalue weighted by atomic mass is 16.5. The van der Waals surface area contributed by atoms with Crippen molar-refractivity contribution in [2.45, 2.75) is 78.6 Å². The fourth-order valence-corrected chi connectivity index (χ4v) is 6.35. The maximum Gasteiger partial charge on any atom is 0.126 e. The van der Waals surface area contributed by atoms with Crippen molar-refractivity contribution in [3.05, 3.63) is 130 Å². The molecule has 0 aliphatic heterocycles. The summed E-state index contributed by atoms with van der Waals surface area (Å²) in [5.41, 5.74) is 15.0. The Hall–Kier alpha value is -3.32. The highest BCUT2D eigenvalue weighted by Crippen LogP contribution is 2.48. The molecule has 1 unspecified atom stereocenters. The van der Waals surface area contributed by atoms with Crippen LogP contribution < -0.4 is 4.74 Å². The number of allylic oxidation sites excluding steroid dienone is 10. The zero-order valence-electron chi connectivity index (χ0n) is 24.1. The SMILES string of the molecule is C=C1C=C(CCCC)C(c2c(CC)cccc2CC)C(C)=C1C1=CC=C(CC(=C)c2ccccc2OC)C1. The van der Waals surface area contributed by atoms with Gasteiger partial charge in [0.25, 0.3) is 0 Å². The number of ether oxygens (including phenoxy) is 1. The van der Waals surface area contributed by atoms with Crippen LogP contribution in [0.2, 0.25) is 0 Å². The van der Waals surface area contributed by atoms with Gasteiger partial charge in [0.15, 0.2) is 0 Å². The summed E-state index contributed by atoms with van der Waals surface area (Å²) in [6.07, 6.45) is 14.5. The van der Waals surface area contributed by atoms with Crippen LogP contribution >= 0.6 is 0 Å². The molecule has 0 heterocycles. The first kappa shape index (κ1) is 27.7. The molecule has 0 fully saturated rings. The summed E-state index contributed by atoms with van der Waals surface area (Å²) >= 11 is 0. The molecule has 0 saturated carbocycles. The number of unbranched alkanes of at least 4 members (excludes halogenated alkanes) is 1. The fourth-order valence-electron chi connectivity index (χ4n) is 6.35. The van der Waals surface area contributed by atoms with E-state index in [1.165, 1.54) is 57.4 Å². The summed E-state index contributed by atoms with van der Waals surface area (Å²) < 4.78 is 5.59.